The Morgan fingerprint density at radius 2 is 1.73 bits per heavy atom. The zero-order chi connectivity index (χ0) is 28.7. The summed E-state index contributed by atoms with van der Waals surface area (Å²) in [4.78, 5) is 36.4. The maximum absolute atomic E-state index is 14.2. The lowest BCUT2D eigenvalue weighted by Crippen LogP contribution is -2.40. The molecule has 41 heavy (non-hydrogen) atoms. The molecule has 0 saturated carbocycles. The van der Waals surface area contributed by atoms with Crippen LogP contribution < -0.4 is 19.6 Å². The van der Waals surface area contributed by atoms with Gasteiger partial charge in [0, 0.05) is 16.5 Å². The van der Waals surface area contributed by atoms with Crippen molar-refractivity contribution in [3.05, 3.63) is 121 Å². The van der Waals surface area contributed by atoms with Crippen LogP contribution >= 0.6 is 11.3 Å². The lowest BCUT2D eigenvalue weighted by atomic mass is 9.96. The summed E-state index contributed by atoms with van der Waals surface area (Å²) in [5, 5.41) is 1.02. The van der Waals surface area contributed by atoms with Crippen LogP contribution in [-0.4, -0.2) is 28.7 Å². The molecule has 206 valence electrons. The van der Waals surface area contributed by atoms with Gasteiger partial charge in [-0.3, -0.25) is 9.36 Å². The predicted octanol–water partition coefficient (Wildman–Crippen LogP) is 5.34. The number of rotatable bonds is 6. The zero-order valence-corrected chi connectivity index (χ0v) is 24.0. The van der Waals surface area contributed by atoms with Gasteiger partial charge in [-0.15, -0.1) is 0 Å². The smallest absolute Gasteiger partial charge is 0.338 e. The van der Waals surface area contributed by atoms with Crippen LogP contribution in [0.15, 0.2) is 99.9 Å². The third-order valence-corrected chi connectivity index (χ3v) is 8.08. The number of ether oxygens (including phenoxy) is 2. The van der Waals surface area contributed by atoms with Crippen molar-refractivity contribution in [2.45, 2.75) is 32.9 Å². The second kappa shape index (κ2) is 10.7. The summed E-state index contributed by atoms with van der Waals surface area (Å²) in [6.07, 6.45) is 1.61. The molecule has 0 bridgehead atoms. The summed E-state index contributed by atoms with van der Waals surface area (Å²) in [5.74, 6) is 0.195. The molecule has 5 aromatic rings. The van der Waals surface area contributed by atoms with Gasteiger partial charge in [-0.05, 0) is 56.2 Å². The fourth-order valence-corrected chi connectivity index (χ4v) is 6.27. The first-order valence-corrected chi connectivity index (χ1v) is 14.2. The topological polar surface area (TPSA) is 85.7 Å². The highest BCUT2D eigenvalue weighted by molar-refractivity contribution is 7.07. The van der Waals surface area contributed by atoms with E-state index in [1.807, 2.05) is 84.9 Å². The summed E-state index contributed by atoms with van der Waals surface area (Å²) in [6, 6.07) is 24.8. The molecule has 7 nitrogen and oxygen atoms in total. The number of H-pyrrole nitrogens is 1. The Hall–Kier alpha value is -4.69. The van der Waals surface area contributed by atoms with Crippen molar-refractivity contribution in [2.24, 2.45) is 4.99 Å². The highest BCUT2D eigenvalue weighted by atomic mass is 32.1. The van der Waals surface area contributed by atoms with Crippen molar-refractivity contribution >= 4 is 34.3 Å². The van der Waals surface area contributed by atoms with E-state index in [9.17, 15) is 9.59 Å². The molecule has 1 aliphatic rings. The third kappa shape index (κ3) is 4.80. The van der Waals surface area contributed by atoms with Crippen LogP contribution in [0, 0.1) is 0 Å². The number of esters is 1. The normalized spacial score (nSPS) is 15.2. The standard InChI is InChI=1S/C33H29N3O4S/c1-19(2)40-32(38)28-20(3)34-33-36(30(28)22-14-16-23(39-4)17-15-22)31(37)27(41-33)18-25-24-12-8-9-13-26(24)35-29(25)21-10-6-5-7-11-21/h5-19,30,35H,1-4H3/b27-18+/t30-/m1/s1. The summed E-state index contributed by atoms with van der Waals surface area (Å²) < 4.78 is 13.1. The fourth-order valence-electron chi connectivity index (χ4n) is 5.24. The molecule has 1 N–H and O–H groups in total. The Kier molecular flexibility index (Phi) is 6.93. The Morgan fingerprint density at radius 1 is 1.02 bits per heavy atom. The first kappa shape index (κ1) is 26.5. The summed E-state index contributed by atoms with van der Waals surface area (Å²) >= 11 is 1.31. The fraction of sp³-hybridized carbons (Fsp3) is 0.182. The molecule has 1 aliphatic heterocycles. The van der Waals surface area contributed by atoms with E-state index < -0.39 is 12.0 Å². The molecule has 0 unspecified atom stereocenters. The van der Waals surface area contributed by atoms with Gasteiger partial charge < -0.3 is 14.5 Å². The molecule has 3 aromatic carbocycles. The zero-order valence-electron chi connectivity index (χ0n) is 23.2. The Morgan fingerprint density at radius 3 is 2.44 bits per heavy atom. The molecule has 2 aromatic heterocycles. The Bertz CT molecular complexity index is 1980. The maximum atomic E-state index is 14.2. The number of thiazole rings is 1. The van der Waals surface area contributed by atoms with Crippen molar-refractivity contribution in [3.8, 4) is 17.0 Å². The molecule has 1 atom stereocenters. The second-order valence-electron chi connectivity index (χ2n) is 10.1. The highest BCUT2D eigenvalue weighted by Crippen LogP contribution is 2.33. The molecular formula is C33H29N3O4S. The SMILES string of the molecule is COc1ccc([C@@H]2C(C(=O)OC(C)C)=C(C)N=c3s/c(=C/c4c(-c5ccccc5)[nH]c5ccccc45)c(=O)n32)cc1. The minimum Gasteiger partial charge on any atom is -0.497 e. The van der Waals surface area contributed by atoms with E-state index in [0.717, 1.165) is 33.3 Å². The number of hydrogen-bond donors (Lipinski definition) is 1. The summed E-state index contributed by atoms with van der Waals surface area (Å²) in [5.41, 5.74) is 5.28. The molecule has 0 spiro atoms. The van der Waals surface area contributed by atoms with E-state index in [0.29, 0.717) is 26.4 Å². The van der Waals surface area contributed by atoms with Crippen molar-refractivity contribution in [3.63, 3.8) is 0 Å². The van der Waals surface area contributed by atoms with Gasteiger partial charge in [-0.2, -0.15) is 0 Å². The number of benzene rings is 3. The predicted molar refractivity (Wildman–Crippen MR) is 162 cm³/mol. The van der Waals surface area contributed by atoms with Crippen LogP contribution in [0.2, 0.25) is 0 Å². The third-order valence-electron chi connectivity index (χ3n) is 7.10. The molecule has 0 aliphatic carbocycles. The van der Waals surface area contributed by atoms with Gasteiger partial charge in [-0.25, -0.2) is 9.79 Å². The molecule has 3 heterocycles. The minimum absolute atomic E-state index is 0.221. The highest BCUT2D eigenvalue weighted by Gasteiger charge is 2.34. The molecule has 0 radical (unpaired) electrons. The van der Waals surface area contributed by atoms with Crippen LogP contribution in [0.5, 0.6) is 5.75 Å². The van der Waals surface area contributed by atoms with E-state index in [2.05, 4.69) is 4.98 Å². The van der Waals surface area contributed by atoms with Crippen LogP contribution in [0.4, 0.5) is 0 Å². The Labute approximate surface area is 240 Å². The van der Waals surface area contributed by atoms with Gasteiger partial charge in [0.25, 0.3) is 5.56 Å². The number of para-hydroxylation sites is 1. The maximum Gasteiger partial charge on any atom is 0.338 e. The first-order chi connectivity index (χ1) is 19.9. The van der Waals surface area contributed by atoms with E-state index in [-0.39, 0.29) is 11.7 Å². The van der Waals surface area contributed by atoms with E-state index >= 15 is 0 Å². The second-order valence-corrected chi connectivity index (χ2v) is 11.1. The number of aromatic nitrogens is 2. The van der Waals surface area contributed by atoms with E-state index in [1.54, 1.807) is 32.4 Å². The molecule has 6 rings (SSSR count). The molecule has 0 saturated heterocycles. The van der Waals surface area contributed by atoms with Crippen LogP contribution in [-0.2, 0) is 9.53 Å². The molecule has 8 heteroatoms. The van der Waals surface area contributed by atoms with E-state index in [1.165, 1.54) is 11.3 Å². The number of carbonyl (C=O) groups excluding carboxylic acids is 1. The summed E-state index contributed by atoms with van der Waals surface area (Å²) in [7, 11) is 1.60. The van der Waals surface area contributed by atoms with Crippen LogP contribution in [0.3, 0.4) is 0 Å². The van der Waals surface area contributed by atoms with Crippen molar-refractivity contribution in [1.82, 2.24) is 9.55 Å². The lowest BCUT2D eigenvalue weighted by Gasteiger charge is -2.25. The van der Waals surface area contributed by atoms with Gasteiger partial charge >= 0.3 is 5.97 Å². The first-order valence-electron chi connectivity index (χ1n) is 13.4. The average molecular weight is 564 g/mol. The number of allylic oxidation sites excluding steroid dienone is 1. The number of nitrogens with zero attached hydrogens (tertiary/aromatic N) is 2. The van der Waals surface area contributed by atoms with Crippen molar-refractivity contribution in [1.29, 1.82) is 0 Å². The number of carbonyl (C=O) groups is 1. The van der Waals surface area contributed by atoms with Gasteiger partial charge in [0.05, 0.1) is 40.8 Å². The quantitative estimate of drug-likeness (QED) is 0.283. The number of aromatic amines is 1. The monoisotopic (exact) mass is 563 g/mol. The molecule has 0 amide bonds. The van der Waals surface area contributed by atoms with Gasteiger partial charge in [0.2, 0.25) is 0 Å². The van der Waals surface area contributed by atoms with Crippen LogP contribution in [0.25, 0.3) is 28.2 Å². The minimum atomic E-state index is -0.692. The molecular weight excluding hydrogens is 534 g/mol. The number of hydrogen-bond acceptors (Lipinski definition) is 6. The largest absolute Gasteiger partial charge is 0.497 e. The lowest BCUT2D eigenvalue weighted by molar-refractivity contribution is -0.143. The van der Waals surface area contributed by atoms with Gasteiger partial charge in [0.1, 0.15) is 5.75 Å². The van der Waals surface area contributed by atoms with Gasteiger partial charge in [-0.1, -0.05) is 72.0 Å². The van der Waals surface area contributed by atoms with Gasteiger partial charge in [0.15, 0.2) is 4.80 Å². The molecule has 0 fully saturated rings. The summed E-state index contributed by atoms with van der Waals surface area (Å²) in [6.45, 7) is 5.39. The van der Waals surface area contributed by atoms with E-state index in [4.69, 9.17) is 14.5 Å². The average Bonchev–Trinajstić information content (AvgIpc) is 3.49. The van der Waals surface area contributed by atoms with Crippen molar-refractivity contribution in [2.75, 3.05) is 7.11 Å². The van der Waals surface area contributed by atoms with Crippen molar-refractivity contribution < 1.29 is 14.3 Å². The van der Waals surface area contributed by atoms with Crippen LogP contribution in [0.1, 0.15) is 37.9 Å². The Balaban J connectivity index is 1.59. The number of methoxy groups -OCH3 is 1. The number of nitrogens with one attached hydrogen (secondary N) is 1. The number of fused-ring (bicyclic) bond motifs is 2.